The van der Waals surface area contributed by atoms with E-state index in [1.54, 1.807) is 12.1 Å². The fraction of sp³-hybridized carbons (Fsp3) is 0.158. The van der Waals surface area contributed by atoms with Crippen LogP contribution in [-0.4, -0.2) is 26.0 Å². The third kappa shape index (κ3) is 3.39. The number of para-hydroxylation sites is 1. The van der Waals surface area contributed by atoms with Crippen LogP contribution in [0.1, 0.15) is 15.9 Å². The molecule has 25 heavy (non-hydrogen) atoms. The van der Waals surface area contributed by atoms with Gasteiger partial charge >= 0.3 is 5.97 Å². The molecule has 128 valence electrons. The Morgan fingerprint density at radius 3 is 2.40 bits per heavy atom. The zero-order chi connectivity index (χ0) is 18.0. The van der Waals surface area contributed by atoms with Crippen LogP contribution in [0.25, 0.3) is 0 Å². The zero-order valence-corrected chi connectivity index (χ0v) is 15.0. The van der Waals surface area contributed by atoms with Gasteiger partial charge in [-0.2, -0.15) is 0 Å². The van der Waals surface area contributed by atoms with Gasteiger partial charge in [0, 0.05) is 17.5 Å². The van der Waals surface area contributed by atoms with E-state index in [0.29, 0.717) is 10.6 Å². The maximum absolute atomic E-state index is 12.5. The van der Waals surface area contributed by atoms with E-state index >= 15 is 0 Å². The Morgan fingerprint density at radius 1 is 1.08 bits per heavy atom. The molecule has 1 heterocycles. The minimum atomic E-state index is -0.581. The van der Waals surface area contributed by atoms with Crippen LogP contribution in [0.5, 0.6) is 0 Å². The van der Waals surface area contributed by atoms with E-state index in [0.717, 1.165) is 16.1 Å². The quantitative estimate of drug-likeness (QED) is 0.677. The Hall–Kier alpha value is -2.73. The van der Waals surface area contributed by atoms with Crippen molar-refractivity contribution in [2.45, 2.75) is 11.8 Å². The minimum Gasteiger partial charge on any atom is -0.464 e. The molecule has 2 aromatic rings. The summed E-state index contributed by atoms with van der Waals surface area (Å²) in [7, 11) is 3.16. The van der Waals surface area contributed by atoms with Crippen molar-refractivity contribution in [2.75, 3.05) is 19.1 Å². The smallest absolute Gasteiger partial charge is 0.357 e. The van der Waals surface area contributed by atoms with Crippen LogP contribution >= 0.6 is 11.8 Å². The Balaban J connectivity index is 1.95. The summed E-state index contributed by atoms with van der Waals surface area (Å²) in [5.41, 5.74) is 2.66. The lowest BCUT2D eigenvalue weighted by atomic mass is 10.1. The lowest BCUT2D eigenvalue weighted by molar-refractivity contribution is -0.136. The first-order valence-corrected chi connectivity index (χ1v) is 8.54. The van der Waals surface area contributed by atoms with Gasteiger partial charge in [-0.05, 0) is 31.2 Å². The van der Waals surface area contributed by atoms with Gasteiger partial charge in [-0.3, -0.25) is 4.79 Å². The van der Waals surface area contributed by atoms with Crippen LogP contribution in [0.3, 0.4) is 0 Å². The van der Waals surface area contributed by atoms with Gasteiger partial charge in [0.15, 0.2) is 5.70 Å². The summed E-state index contributed by atoms with van der Waals surface area (Å²) in [6, 6.07) is 15.0. The highest BCUT2D eigenvalue weighted by atomic mass is 32.2. The van der Waals surface area contributed by atoms with Gasteiger partial charge in [-0.25, -0.2) is 4.79 Å². The number of amides is 1. The summed E-state index contributed by atoms with van der Waals surface area (Å²) in [5.74, 6) is -0.930. The molecule has 1 aliphatic heterocycles. The summed E-state index contributed by atoms with van der Waals surface area (Å²) >= 11 is 1.43. The largest absolute Gasteiger partial charge is 0.464 e. The van der Waals surface area contributed by atoms with Crippen LogP contribution in [0.4, 0.5) is 5.69 Å². The van der Waals surface area contributed by atoms with Crippen molar-refractivity contribution < 1.29 is 14.3 Å². The summed E-state index contributed by atoms with van der Waals surface area (Å²) in [4.78, 5) is 27.7. The van der Waals surface area contributed by atoms with E-state index in [1.807, 2.05) is 55.3 Å². The van der Waals surface area contributed by atoms with Gasteiger partial charge in [-0.15, -0.1) is 0 Å². The van der Waals surface area contributed by atoms with E-state index in [1.165, 1.54) is 18.9 Å². The molecule has 0 saturated carbocycles. The monoisotopic (exact) mass is 354 g/mol. The zero-order valence-electron chi connectivity index (χ0n) is 14.2. The predicted molar refractivity (Wildman–Crippen MR) is 98.4 cm³/mol. The van der Waals surface area contributed by atoms with Crippen LogP contribution in [0.2, 0.25) is 0 Å². The standard InChI is InChI=1S/C19H18N2O3S/c1-12-8-10-13(11-9-12)17(22)20-16(19(23)24-3)18-21(2)14-6-4-5-7-15(14)25-18/h4-11H,1-3H3,(H,20,22). The molecule has 1 N–H and O–H groups in total. The van der Waals surface area contributed by atoms with Gasteiger partial charge in [0.2, 0.25) is 0 Å². The summed E-state index contributed by atoms with van der Waals surface area (Å²) in [5, 5.41) is 3.35. The number of esters is 1. The Kier molecular flexibility index (Phi) is 4.81. The van der Waals surface area contributed by atoms with E-state index in [2.05, 4.69) is 5.32 Å². The van der Waals surface area contributed by atoms with Crippen LogP contribution in [0.15, 0.2) is 64.2 Å². The number of hydrogen-bond donors (Lipinski definition) is 1. The van der Waals surface area contributed by atoms with Crippen molar-refractivity contribution in [2.24, 2.45) is 0 Å². The summed E-state index contributed by atoms with van der Waals surface area (Å²) in [6.07, 6.45) is 0. The first-order valence-electron chi connectivity index (χ1n) is 7.72. The lowest BCUT2D eigenvalue weighted by Gasteiger charge is -2.17. The molecule has 6 heteroatoms. The molecule has 1 amide bonds. The molecule has 0 radical (unpaired) electrons. The lowest BCUT2D eigenvalue weighted by Crippen LogP contribution is -2.31. The maximum atomic E-state index is 12.5. The third-order valence-corrected chi connectivity index (χ3v) is 5.13. The van der Waals surface area contributed by atoms with Gasteiger partial charge in [0.05, 0.1) is 12.8 Å². The normalized spacial score (nSPS) is 14.8. The molecule has 0 unspecified atom stereocenters. The molecule has 0 aromatic heterocycles. The highest BCUT2D eigenvalue weighted by molar-refractivity contribution is 8.03. The van der Waals surface area contributed by atoms with Crippen LogP contribution in [0, 0.1) is 6.92 Å². The second-order valence-electron chi connectivity index (χ2n) is 5.62. The van der Waals surface area contributed by atoms with Crippen LogP contribution < -0.4 is 10.2 Å². The Bertz CT molecular complexity index is 859. The molecule has 0 bridgehead atoms. The molecule has 0 saturated heterocycles. The van der Waals surface area contributed by atoms with Gasteiger partial charge < -0.3 is 15.0 Å². The number of anilines is 1. The number of nitrogens with zero attached hydrogens (tertiary/aromatic N) is 1. The van der Waals surface area contributed by atoms with Gasteiger partial charge in [0.1, 0.15) is 5.03 Å². The second-order valence-corrected chi connectivity index (χ2v) is 6.65. The van der Waals surface area contributed by atoms with E-state index in [4.69, 9.17) is 4.74 Å². The van der Waals surface area contributed by atoms with Crippen molar-refractivity contribution in [1.29, 1.82) is 0 Å². The molecule has 0 spiro atoms. The number of ether oxygens (including phenoxy) is 1. The molecule has 1 aliphatic rings. The number of hydrogen-bond acceptors (Lipinski definition) is 5. The van der Waals surface area contributed by atoms with Crippen LogP contribution in [-0.2, 0) is 9.53 Å². The van der Waals surface area contributed by atoms with Crippen molar-refractivity contribution in [1.82, 2.24) is 5.32 Å². The average Bonchev–Trinajstić information content (AvgIpc) is 2.96. The number of methoxy groups -OCH3 is 1. The number of fused-ring (bicyclic) bond motifs is 1. The van der Waals surface area contributed by atoms with Gasteiger partial charge in [0.25, 0.3) is 5.91 Å². The van der Waals surface area contributed by atoms with Crippen molar-refractivity contribution in [3.05, 3.63) is 70.4 Å². The Labute approximate surface area is 150 Å². The molecule has 0 atom stereocenters. The molecule has 0 fully saturated rings. The summed E-state index contributed by atoms with van der Waals surface area (Å²) in [6.45, 7) is 1.95. The highest BCUT2D eigenvalue weighted by Gasteiger charge is 2.29. The fourth-order valence-electron chi connectivity index (χ4n) is 2.51. The van der Waals surface area contributed by atoms with Gasteiger partial charge in [-0.1, -0.05) is 41.6 Å². The van der Waals surface area contributed by atoms with Crippen molar-refractivity contribution >= 4 is 29.3 Å². The van der Waals surface area contributed by atoms with E-state index in [9.17, 15) is 9.59 Å². The van der Waals surface area contributed by atoms with Crippen molar-refractivity contribution in [3.8, 4) is 0 Å². The highest BCUT2D eigenvalue weighted by Crippen LogP contribution is 2.45. The first kappa shape index (κ1) is 17.1. The molecular weight excluding hydrogens is 336 g/mol. The first-order chi connectivity index (χ1) is 12.0. The number of aryl methyl sites for hydroxylation is 1. The summed E-state index contributed by atoms with van der Waals surface area (Å²) < 4.78 is 4.88. The topological polar surface area (TPSA) is 58.6 Å². The average molecular weight is 354 g/mol. The number of nitrogens with one attached hydrogen (secondary N) is 1. The fourth-order valence-corrected chi connectivity index (χ4v) is 3.64. The minimum absolute atomic E-state index is 0.136. The molecule has 0 aliphatic carbocycles. The molecular formula is C19H18N2O3S. The molecule has 2 aromatic carbocycles. The Morgan fingerprint density at radius 2 is 1.76 bits per heavy atom. The molecule has 3 rings (SSSR count). The third-order valence-electron chi connectivity index (χ3n) is 3.89. The number of carbonyl (C=O) groups excluding carboxylic acids is 2. The van der Waals surface area contributed by atoms with Crippen molar-refractivity contribution in [3.63, 3.8) is 0 Å². The van der Waals surface area contributed by atoms with E-state index < -0.39 is 5.97 Å². The number of benzene rings is 2. The number of rotatable bonds is 3. The SMILES string of the molecule is COC(=O)C(NC(=O)c1ccc(C)cc1)=C1Sc2ccccc2N1C. The van der Waals surface area contributed by atoms with E-state index in [-0.39, 0.29) is 11.6 Å². The number of thioether (sulfide) groups is 1. The maximum Gasteiger partial charge on any atom is 0.357 e. The second kappa shape index (κ2) is 7.03. The predicted octanol–water partition coefficient (Wildman–Crippen LogP) is 3.31. The number of carbonyl (C=O) groups is 2. The molecule has 5 nitrogen and oxygen atoms in total.